The van der Waals surface area contributed by atoms with Gasteiger partial charge in [0.1, 0.15) is 11.6 Å². The number of imidazole rings is 1. The Kier molecular flexibility index (Phi) is 3.25. The molecule has 1 aromatic heterocycles. The second kappa shape index (κ2) is 4.78. The van der Waals surface area contributed by atoms with E-state index < -0.39 is 0 Å². The summed E-state index contributed by atoms with van der Waals surface area (Å²) < 4.78 is 14.5. The first kappa shape index (κ1) is 12.9. The molecule has 0 bridgehead atoms. The lowest BCUT2D eigenvalue weighted by molar-refractivity contribution is 0.629. The maximum atomic E-state index is 13.9. The molecule has 0 aliphatic carbocycles. The third kappa shape index (κ3) is 2.24. The van der Waals surface area contributed by atoms with Gasteiger partial charge in [0.25, 0.3) is 0 Å². The van der Waals surface area contributed by atoms with Crippen LogP contribution in [0, 0.1) is 5.82 Å². The summed E-state index contributed by atoms with van der Waals surface area (Å²) in [7, 11) is 0. The number of halogens is 4. The van der Waals surface area contributed by atoms with E-state index in [-0.39, 0.29) is 5.82 Å². The monoisotopic (exact) mass is 358 g/mol. The summed E-state index contributed by atoms with van der Waals surface area (Å²) in [6, 6.07) is 8.08. The fourth-order valence-corrected chi connectivity index (χ4v) is 2.70. The number of aromatic nitrogens is 2. The first-order valence-electron chi connectivity index (χ1n) is 5.35. The van der Waals surface area contributed by atoms with Crippen LogP contribution in [0.5, 0.6) is 0 Å². The third-order valence-electron chi connectivity index (χ3n) is 2.72. The van der Waals surface area contributed by atoms with Crippen molar-refractivity contribution in [2.45, 2.75) is 0 Å². The molecule has 0 saturated carbocycles. The van der Waals surface area contributed by atoms with Crippen LogP contribution in [-0.2, 0) is 0 Å². The van der Waals surface area contributed by atoms with Crippen LogP contribution in [0.4, 0.5) is 4.39 Å². The highest BCUT2D eigenvalue weighted by atomic mass is 79.9. The molecular weight excluding hydrogens is 354 g/mol. The summed E-state index contributed by atoms with van der Waals surface area (Å²) in [5.74, 6) is 0.0731. The molecule has 3 aromatic rings. The Labute approximate surface area is 126 Å². The molecule has 0 radical (unpaired) electrons. The zero-order valence-electron chi connectivity index (χ0n) is 9.35. The summed E-state index contributed by atoms with van der Waals surface area (Å²) >= 11 is 15.2. The van der Waals surface area contributed by atoms with E-state index in [4.69, 9.17) is 23.2 Å². The SMILES string of the molecule is Fc1cccc(Br)c1-c1nc2cc(Cl)c(Cl)cc2[nH]1. The lowest BCUT2D eigenvalue weighted by atomic mass is 10.2. The van der Waals surface area contributed by atoms with Gasteiger partial charge >= 0.3 is 0 Å². The molecule has 0 aliphatic heterocycles. The Morgan fingerprint density at radius 1 is 1.16 bits per heavy atom. The topological polar surface area (TPSA) is 28.7 Å². The van der Waals surface area contributed by atoms with Crippen LogP contribution in [0.15, 0.2) is 34.8 Å². The number of fused-ring (bicyclic) bond motifs is 1. The molecule has 0 unspecified atom stereocenters. The maximum absolute atomic E-state index is 13.9. The molecule has 3 rings (SSSR count). The predicted octanol–water partition coefficient (Wildman–Crippen LogP) is 5.44. The van der Waals surface area contributed by atoms with E-state index in [0.29, 0.717) is 36.9 Å². The highest BCUT2D eigenvalue weighted by Crippen LogP contribution is 2.32. The molecule has 0 atom stereocenters. The average Bonchev–Trinajstić information content (AvgIpc) is 2.72. The van der Waals surface area contributed by atoms with Gasteiger partial charge in [0, 0.05) is 4.47 Å². The van der Waals surface area contributed by atoms with E-state index in [1.807, 2.05) is 0 Å². The van der Waals surface area contributed by atoms with E-state index >= 15 is 0 Å². The van der Waals surface area contributed by atoms with Crippen molar-refractivity contribution in [1.29, 1.82) is 0 Å². The number of hydrogen-bond donors (Lipinski definition) is 1. The summed E-state index contributed by atoms with van der Waals surface area (Å²) in [6.45, 7) is 0. The Morgan fingerprint density at radius 3 is 2.63 bits per heavy atom. The molecule has 6 heteroatoms. The number of nitrogens with zero attached hydrogens (tertiary/aromatic N) is 1. The first-order valence-corrected chi connectivity index (χ1v) is 6.90. The van der Waals surface area contributed by atoms with Gasteiger partial charge in [0.05, 0.1) is 26.6 Å². The fraction of sp³-hybridized carbons (Fsp3) is 0. The summed E-state index contributed by atoms with van der Waals surface area (Å²) in [5.41, 5.74) is 1.73. The lowest BCUT2D eigenvalue weighted by Gasteiger charge is -2.01. The quantitative estimate of drug-likeness (QED) is 0.615. The van der Waals surface area contributed by atoms with Crippen molar-refractivity contribution in [3.63, 3.8) is 0 Å². The van der Waals surface area contributed by atoms with Crippen molar-refractivity contribution in [3.05, 3.63) is 50.7 Å². The van der Waals surface area contributed by atoms with Crippen LogP contribution < -0.4 is 0 Å². The van der Waals surface area contributed by atoms with Gasteiger partial charge in [-0.1, -0.05) is 29.3 Å². The zero-order chi connectivity index (χ0) is 13.6. The van der Waals surface area contributed by atoms with Crippen molar-refractivity contribution in [2.75, 3.05) is 0 Å². The molecule has 19 heavy (non-hydrogen) atoms. The molecule has 0 amide bonds. The highest BCUT2D eigenvalue weighted by molar-refractivity contribution is 9.10. The van der Waals surface area contributed by atoms with E-state index in [0.717, 1.165) is 0 Å². The zero-order valence-corrected chi connectivity index (χ0v) is 12.4. The van der Waals surface area contributed by atoms with Crippen LogP contribution in [0.3, 0.4) is 0 Å². The van der Waals surface area contributed by atoms with E-state index in [1.54, 1.807) is 24.3 Å². The molecule has 2 nitrogen and oxygen atoms in total. The van der Waals surface area contributed by atoms with Crippen LogP contribution in [0.25, 0.3) is 22.4 Å². The van der Waals surface area contributed by atoms with Gasteiger partial charge in [0.15, 0.2) is 0 Å². The van der Waals surface area contributed by atoms with Crippen molar-refractivity contribution in [3.8, 4) is 11.4 Å². The maximum Gasteiger partial charge on any atom is 0.142 e. The number of rotatable bonds is 1. The van der Waals surface area contributed by atoms with Crippen molar-refractivity contribution in [1.82, 2.24) is 9.97 Å². The molecule has 2 aromatic carbocycles. The smallest absolute Gasteiger partial charge is 0.142 e. The van der Waals surface area contributed by atoms with Gasteiger partial charge in [-0.25, -0.2) is 9.37 Å². The molecule has 0 saturated heterocycles. The molecular formula is C13H6BrCl2FN2. The van der Waals surface area contributed by atoms with Crippen molar-refractivity contribution in [2.24, 2.45) is 0 Å². The van der Waals surface area contributed by atoms with E-state index in [1.165, 1.54) is 6.07 Å². The number of benzene rings is 2. The van der Waals surface area contributed by atoms with Crippen molar-refractivity contribution >= 4 is 50.2 Å². The minimum Gasteiger partial charge on any atom is -0.338 e. The Morgan fingerprint density at radius 2 is 1.89 bits per heavy atom. The van der Waals surface area contributed by atoms with Gasteiger partial charge in [0.2, 0.25) is 0 Å². The van der Waals surface area contributed by atoms with Crippen LogP contribution in [0.2, 0.25) is 10.0 Å². The average molecular weight is 360 g/mol. The van der Waals surface area contributed by atoms with Gasteiger partial charge < -0.3 is 4.98 Å². The first-order chi connectivity index (χ1) is 9.06. The van der Waals surface area contributed by atoms with E-state index in [9.17, 15) is 4.39 Å². The van der Waals surface area contributed by atoms with Gasteiger partial charge in [-0.15, -0.1) is 0 Å². The molecule has 1 N–H and O–H groups in total. The predicted molar refractivity (Wildman–Crippen MR) is 79.2 cm³/mol. The molecule has 1 heterocycles. The standard InChI is InChI=1S/C13H6BrCl2FN2/c14-6-2-1-3-9(17)12(6)13-18-10-4-7(15)8(16)5-11(10)19-13/h1-5H,(H,18,19). The molecule has 96 valence electrons. The van der Waals surface area contributed by atoms with Gasteiger partial charge in [-0.3, -0.25) is 0 Å². The van der Waals surface area contributed by atoms with Crippen molar-refractivity contribution < 1.29 is 4.39 Å². The summed E-state index contributed by atoms with van der Waals surface area (Å²) in [6.07, 6.45) is 0. The summed E-state index contributed by atoms with van der Waals surface area (Å²) in [5, 5.41) is 0.844. The van der Waals surface area contributed by atoms with Crippen LogP contribution in [0.1, 0.15) is 0 Å². The number of hydrogen-bond acceptors (Lipinski definition) is 1. The largest absolute Gasteiger partial charge is 0.338 e. The number of aromatic amines is 1. The molecule has 0 aliphatic rings. The van der Waals surface area contributed by atoms with Gasteiger partial charge in [-0.05, 0) is 40.2 Å². The summed E-state index contributed by atoms with van der Waals surface area (Å²) in [4.78, 5) is 7.38. The normalized spacial score (nSPS) is 11.2. The third-order valence-corrected chi connectivity index (χ3v) is 4.11. The number of H-pyrrole nitrogens is 1. The van der Waals surface area contributed by atoms with E-state index in [2.05, 4.69) is 25.9 Å². The lowest BCUT2D eigenvalue weighted by Crippen LogP contribution is -1.87. The Bertz CT molecular complexity index is 726. The highest BCUT2D eigenvalue weighted by Gasteiger charge is 2.14. The fourth-order valence-electron chi connectivity index (χ4n) is 1.85. The minimum atomic E-state index is -0.356. The second-order valence-electron chi connectivity index (χ2n) is 3.97. The van der Waals surface area contributed by atoms with Crippen LogP contribution >= 0.6 is 39.1 Å². The van der Waals surface area contributed by atoms with Gasteiger partial charge in [-0.2, -0.15) is 0 Å². The second-order valence-corrected chi connectivity index (χ2v) is 5.63. The minimum absolute atomic E-state index is 0.356. The molecule has 0 spiro atoms. The van der Waals surface area contributed by atoms with Crippen LogP contribution in [-0.4, -0.2) is 9.97 Å². The Balaban J connectivity index is 2.26. The Hall–Kier alpha value is -1.10. The number of nitrogens with one attached hydrogen (secondary N) is 1. The molecule has 0 fully saturated rings.